The van der Waals surface area contributed by atoms with E-state index in [9.17, 15) is 14.5 Å². The topological polar surface area (TPSA) is 95.6 Å². The quantitative estimate of drug-likeness (QED) is 0.561. The second kappa shape index (κ2) is 5.47. The van der Waals surface area contributed by atoms with Crippen molar-refractivity contribution in [3.8, 4) is 0 Å². The molecular weight excluding hydrogens is 267 g/mol. The number of nitro benzene ring substituents is 1. The molecule has 0 aliphatic heterocycles. The second-order valence-corrected chi connectivity index (χ2v) is 4.45. The highest BCUT2D eigenvalue weighted by Crippen LogP contribution is 2.32. The number of rotatable bonds is 5. The summed E-state index contributed by atoms with van der Waals surface area (Å²) in [5, 5.41) is 31.3. The average Bonchev–Trinajstić information content (AvgIpc) is 2.33. The molecule has 6 nitrogen and oxygen atoms in total. The number of nitrogens with one attached hydrogen (secondary N) is 1. The summed E-state index contributed by atoms with van der Waals surface area (Å²) in [4.78, 5) is 10.00. The largest absolute Gasteiger partial charge is 0.394 e. The Hall–Kier alpha value is -1.44. The Labute approximate surface area is 107 Å². The summed E-state index contributed by atoms with van der Waals surface area (Å²) >= 11 is 5.54. The van der Waals surface area contributed by atoms with E-state index in [1.54, 1.807) is 0 Å². The molecule has 0 unspecified atom stereocenters. The highest BCUT2D eigenvalue weighted by molar-refractivity contribution is 6.31. The van der Waals surface area contributed by atoms with E-state index in [0.717, 1.165) is 6.07 Å². The van der Waals surface area contributed by atoms with Gasteiger partial charge in [0, 0.05) is 0 Å². The molecule has 0 spiro atoms. The zero-order valence-corrected chi connectivity index (χ0v) is 10.2. The van der Waals surface area contributed by atoms with Crippen LogP contribution in [0.4, 0.5) is 15.8 Å². The lowest BCUT2D eigenvalue weighted by molar-refractivity contribution is -0.384. The van der Waals surface area contributed by atoms with Gasteiger partial charge in [0.05, 0.1) is 34.8 Å². The summed E-state index contributed by atoms with van der Waals surface area (Å²) in [6.07, 6.45) is 0. The molecule has 1 rings (SSSR count). The van der Waals surface area contributed by atoms with Crippen LogP contribution < -0.4 is 5.32 Å². The molecule has 1 aromatic carbocycles. The number of nitrogens with zero attached hydrogens (tertiary/aromatic N) is 1. The van der Waals surface area contributed by atoms with Gasteiger partial charge in [0.25, 0.3) is 5.69 Å². The van der Waals surface area contributed by atoms with Gasteiger partial charge in [0.2, 0.25) is 0 Å². The number of aliphatic hydroxyl groups is 2. The van der Waals surface area contributed by atoms with Crippen molar-refractivity contribution in [1.29, 1.82) is 0 Å². The summed E-state index contributed by atoms with van der Waals surface area (Å²) in [5.41, 5.74) is -1.77. The molecule has 0 saturated heterocycles. The number of benzene rings is 1. The molecule has 100 valence electrons. The van der Waals surface area contributed by atoms with E-state index in [2.05, 4.69) is 5.32 Å². The first-order chi connectivity index (χ1) is 8.33. The lowest BCUT2D eigenvalue weighted by Crippen LogP contribution is -2.42. The van der Waals surface area contributed by atoms with Crippen molar-refractivity contribution in [3.05, 3.63) is 33.1 Å². The second-order valence-electron chi connectivity index (χ2n) is 4.04. The van der Waals surface area contributed by atoms with Crippen LogP contribution in [-0.2, 0) is 0 Å². The SMILES string of the molecule is CC(CO)(CO)Nc1cc(Cl)c(F)cc1[N+](=O)[O-]. The van der Waals surface area contributed by atoms with Gasteiger partial charge in [0.15, 0.2) is 0 Å². The number of hydrogen-bond acceptors (Lipinski definition) is 5. The molecule has 0 fully saturated rings. The zero-order valence-electron chi connectivity index (χ0n) is 9.48. The molecule has 0 amide bonds. The molecule has 0 heterocycles. The number of halogens is 2. The van der Waals surface area contributed by atoms with Gasteiger partial charge >= 0.3 is 0 Å². The molecule has 0 bridgehead atoms. The van der Waals surface area contributed by atoms with Crippen LogP contribution >= 0.6 is 11.6 Å². The van der Waals surface area contributed by atoms with Gasteiger partial charge in [-0.3, -0.25) is 10.1 Å². The van der Waals surface area contributed by atoms with Crippen molar-refractivity contribution < 1.29 is 19.5 Å². The Bertz CT molecular complexity index is 465. The molecule has 18 heavy (non-hydrogen) atoms. The van der Waals surface area contributed by atoms with Crippen LogP contribution in [0, 0.1) is 15.9 Å². The molecule has 0 aliphatic carbocycles. The Kier molecular flexibility index (Phi) is 4.44. The Morgan fingerprint density at radius 1 is 1.50 bits per heavy atom. The normalized spacial score (nSPS) is 11.4. The van der Waals surface area contributed by atoms with Gasteiger partial charge in [-0.25, -0.2) is 4.39 Å². The van der Waals surface area contributed by atoms with Crippen molar-refractivity contribution >= 4 is 23.0 Å². The fourth-order valence-electron chi connectivity index (χ4n) is 1.24. The van der Waals surface area contributed by atoms with Gasteiger partial charge in [0.1, 0.15) is 11.5 Å². The fourth-order valence-corrected chi connectivity index (χ4v) is 1.41. The smallest absolute Gasteiger partial charge is 0.295 e. The molecule has 0 aromatic heterocycles. The predicted molar refractivity (Wildman–Crippen MR) is 64.3 cm³/mol. The van der Waals surface area contributed by atoms with Crippen LogP contribution in [0.25, 0.3) is 0 Å². The van der Waals surface area contributed by atoms with E-state index in [1.165, 1.54) is 6.92 Å². The maximum Gasteiger partial charge on any atom is 0.295 e. The number of anilines is 1. The molecule has 3 N–H and O–H groups in total. The predicted octanol–water partition coefficient (Wildman–Crippen LogP) is 1.54. The Balaban J connectivity index is 3.22. The summed E-state index contributed by atoms with van der Waals surface area (Å²) < 4.78 is 13.2. The van der Waals surface area contributed by atoms with E-state index in [0.29, 0.717) is 6.07 Å². The maximum atomic E-state index is 13.2. The number of aliphatic hydroxyl groups excluding tert-OH is 2. The van der Waals surface area contributed by atoms with Crippen LogP contribution in [-0.4, -0.2) is 33.9 Å². The van der Waals surface area contributed by atoms with Crippen LogP contribution in [0.15, 0.2) is 12.1 Å². The third-order valence-corrected chi connectivity index (χ3v) is 2.66. The Morgan fingerprint density at radius 2 is 2.06 bits per heavy atom. The van der Waals surface area contributed by atoms with Gasteiger partial charge in [-0.15, -0.1) is 0 Å². The maximum absolute atomic E-state index is 13.2. The van der Waals surface area contributed by atoms with Crippen LogP contribution in [0.1, 0.15) is 6.92 Å². The third-order valence-electron chi connectivity index (χ3n) is 2.37. The molecule has 0 atom stereocenters. The summed E-state index contributed by atoms with van der Waals surface area (Å²) in [5.74, 6) is -0.913. The minimum atomic E-state index is -1.17. The number of nitro groups is 1. The highest BCUT2D eigenvalue weighted by atomic mass is 35.5. The van der Waals surface area contributed by atoms with Crippen LogP contribution in [0.2, 0.25) is 5.02 Å². The van der Waals surface area contributed by atoms with Crippen molar-refractivity contribution in [1.82, 2.24) is 0 Å². The van der Waals surface area contributed by atoms with Gasteiger partial charge < -0.3 is 15.5 Å². The standard InChI is InChI=1S/C10H12ClFN2O4/c1-10(4-15,5-16)13-8-2-6(11)7(12)3-9(8)14(17)18/h2-3,13,15-16H,4-5H2,1H3. The lowest BCUT2D eigenvalue weighted by atomic mass is 10.0. The van der Waals surface area contributed by atoms with Crippen molar-refractivity contribution in [2.45, 2.75) is 12.5 Å². The summed E-state index contributed by atoms with van der Waals surface area (Å²) in [6, 6.07) is 1.72. The van der Waals surface area contributed by atoms with E-state index in [4.69, 9.17) is 21.8 Å². The average molecular weight is 279 g/mol. The first-order valence-corrected chi connectivity index (χ1v) is 5.34. The molecule has 0 radical (unpaired) electrons. The van der Waals surface area contributed by atoms with Crippen LogP contribution in [0.3, 0.4) is 0 Å². The zero-order chi connectivity index (χ0) is 13.9. The van der Waals surface area contributed by atoms with Crippen molar-refractivity contribution in [2.24, 2.45) is 0 Å². The monoisotopic (exact) mass is 278 g/mol. The first kappa shape index (κ1) is 14.6. The summed E-state index contributed by atoms with van der Waals surface area (Å²) in [7, 11) is 0. The molecule has 8 heteroatoms. The molecule has 1 aromatic rings. The van der Waals surface area contributed by atoms with E-state index < -0.39 is 35.2 Å². The van der Waals surface area contributed by atoms with E-state index in [-0.39, 0.29) is 10.7 Å². The first-order valence-electron chi connectivity index (χ1n) is 4.96. The van der Waals surface area contributed by atoms with Crippen molar-refractivity contribution in [2.75, 3.05) is 18.5 Å². The van der Waals surface area contributed by atoms with E-state index in [1.807, 2.05) is 0 Å². The number of hydrogen-bond donors (Lipinski definition) is 3. The van der Waals surface area contributed by atoms with Gasteiger partial charge in [-0.05, 0) is 13.0 Å². The fraction of sp³-hybridized carbons (Fsp3) is 0.400. The minimum absolute atomic E-state index is 0.0722. The molecule has 0 saturated carbocycles. The van der Waals surface area contributed by atoms with Gasteiger partial charge in [-0.1, -0.05) is 11.6 Å². The summed E-state index contributed by atoms with van der Waals surface area (Å²) in [6.45, 7) is 0.527. The third kappa shape index (κ3) is 3.06. The van der Waals surface area contributed by atoms with E-state index >= 15 is 0 Å². The lowest BCUT2D eigenvalue weighted by Gasteiger charge is -2.27. The Morgan fingerprint density at radius 3 is 2.50 bits per heavy atom. The minimum Gasteiger partial charge on any atom is -0.394 e. The highest BCUT2D eigenvalue weighted by Gasteiger charge is 2.27. The molecular formula is C10H12ClFN2O4. The van der Waals surface area contributed by atoms with Crippen LogP contribution in [0.5, 0.6) is 0 Å². The van der Waals surface area contributed by atoms with Gasteiger partial charge in [-0.2, -0.15) is 0 Å². The van der Waals surface area contributed by atoms with Crippen molar-refractivity contribution in [3.63, 3.8) is 0 Å². The molecule has 0 aliphatic rings.